The highest BCUT2D eigenvalue weighted by Crippen LogP contribution is 2.27. The van der Waals surface area contributed by atoms with Crippen LogP contribution in [0.1, 0.15) is 53.0 Å². The number of aryl methyl sites for hydroxylation is 4. The SMILES string of the molecule is CC[C@H](c1nnnn1CCc1ccccc1)N(Cc1ccc(F)cc1)Cc1cc2ccc(C)c(C)c2[nH]c1=O. The summed E-state index contributed by atoms with van der Waals surface area (Å²) in [6, 6.07) is 22.7. The monoisotopic (exact) mass is 524 g/mol. The molecule has 8 heteroatoms. The van der Waals surface area contributed by atoms with E-state index in [4.69, 9.17) is 0 Å². The predicted molar refractivity (Wildman–Crippen MR) is 151 cm³/mol. The molecule has 0 saturated carbocycles. The molecular formula is C31H33FN6O. The molecule has 5 rings (SSSR count). The number of hydrogen-bond acceptors (Lipinski definition) is 5. The van der Waals surface area contributed by atoms with Gasteiger partial charge in [0.15, 0.2) is 5.82 Å². The molecule has 0 bridgehead atoms. The van der Waals surface area contributed by atoms with E-state index in [-0.39, 0.29) is 17.4 Å². The van der Waals surface area contributed by atoms with Crippen LogP contribution >= 0.6 is 0 Å². The fourth-order valence-electron chi connectivity index (χ4n) is 5.10. The molecule has 1 N–H and O–H groups in total. The quantitative estimate of drug-likeness (QED) is 0.255. The van der Waals surface area contributed by atoms with Gasteiger partial charge in [-0.3, -0.25) is 9.69 Å². The van der Waals surface area contributed by atoms with Crippen molar-refractivity contribution in [3.05, 3.63) is 123 Å². The van der Waals surface area contributed by atoms with Crippen LogP contribution in [-0.2, 0) is 26.1 Å². The molecule has 0 spiro atoms. The largest absolute Gasteiger partial charge is 0.321 e. The lowest BCUT2D eigenvalue weighted by atomic mass is 10.0. The number of halogens is 1. The van der Waals surface area contributed by atoms with Crippen molar-refractivity contribution >= 4 is 10.9 Å². The van der Waals surface area contributed by atoms with Crippen LogP contribution in [0.4, 0.5) is 4.39 Å². The van der Waals surface area contributed by atoms with Crippen molar-refractivity contribution in [2.45, 2.75) is 59.3 Å². The Morgan fingerprint density at radius 1 is 0.974 bits per heavy atom. The van der Waals surface area contributed by atoms with E-state index in [1.54, 1.807) is 12.1 Å². The molecule has 0 fully saturated rings. The number of aromatic nitrogens is 5. The average molecular weight is 525 g/mol. The topological polar surface area (TPSA) is 79.7 Å². The zero-order valence-electron chi connectivity index (χ0n) is 22.6. The minimum atomic E-state index is -0.279. The van der Waals surface area contributed by atoms with Crippen LogP contribution in [0.3, 0.4) is 0 Å². The standard InChI is InChI=1S/C31H33FN6O/c1-4-28(30-34-35-36-38(30)17-16-23-8-6-5-7-9-23)37(19-24-11-14-27(32)15-12-24)20-26-18-25-13-10-21(2)22(3)29(25)33-31(26)39/h5-15,18,28H,4,16-17,19-20H2,1-3H3,(H,33,39)/t28-/m1/s1. The lowest BCUT2D eigenvalue weighted by molar-refractivity contribution is 0.160. The number of nitrogens with zero attached hydrogens (tertiary/aromatic N) is 5. The summed E-state index contributed by atoms with van der Waals surface area (Å²) in [6.07, 6.45) is 1.53. The Balaban J connectivity index is 1.49. The molecule has 0 amide bonds. The first-order valence-electron chi connectivity index (χ1n) is 13.3. The molecular weight excluding hydrogens is 491 g/mol. The molecule has 0 aliphatic heterocycles. The average Bonchev–Trinajstić information content (AvgIpc) is 3.41. The van der Waals surface area contributed by atoms with Gasteiger partial charge >= 0.3 is 0 Å². The smallest absolute Gasteiger partial charge is 0.252 e. The summed E-state index contributed by atoms with van der Waals surface area (Å²) in [6.45, 7) is 7.70. The van der Waals surface area contributed by atoms with Gasteiger partial charge < -0.3 is 4.98 Å². The molecule has 0 saturated heterocycles. The van der Waals surface area contributed by atoms with Crippen LogP contribution in [0.5, 0.6) is 0 Å². The normalized spacial score (nSPS) is 12.3. The second kappa shape index (κ2) is 11.7. The van der Waals surface area contributed by atoms with Gasteiger partial charge in [-0.1, -0.05) is 61.5 Å². The number of fused-ring (bicyclic) bond motifs is 1. The van der Waals surface area contributed by atoms with Gasteiger partial charge in [0.05, 0.1) is 11.6 Å². The van der Waals surface area contributed by atoms with Gasteiger partial charge in [0.1, 0.15) is 5.82 Å². The van der Waals surface area contributed by atoms with E-state index in [1.807, 2.05) is 48.9 Å². The Morgan fingerprint density at radius 2 is 1.74 bits per heavy atom. The predicted octanol–water partition coefficient (Wildman–Crippen LogP) is 5.67. The number of hydrogen-bond donors (Lipinski definition) is 1. The van der Waals surface area contributed by atoms with Gasteiger partial charge in [0, 0.05) is 25.2 Å². The van der Waals surface area contributed by atoms with Gasteiger partial charge in [-0.15, -0.1) is 5.10 Å². The molecule has 2 aromatic heterocycles. The summed E-state index contributed by atoms with van der Waals surface area (Å²) in [7, 11) is 0. The fraction of sp³-hybridized carbons (Fsp3) is 0.290. The van der Waals surface area contributed by atoms with Gasteiger partial charge in [0.2, 0.25) is 0 Å². The molecule has 0 unspecified atom stereocenters. The third kappa shape index (κ3) is 5.96. The Morgan fingerprint density at radius 3 is 2.49 bits per heavy atom. The fourth-order valence-corrected chi connectivity index (χ4v) is 5.10. The highest BCUT2D eigenvalue weighted by molar-refractivity contribution is 5.83. The summed E-state index contributed by atoms with van der Waals surface area (Å²) >= 11 is 0. The second-order valence-corrected chi connectivity index (χ2v) is 10.0. The van der Waals surface area contributed by atoms with Crippen molar-refractivity contribution in [3.8, 4) is 0 Å². The van der Waals surface area contributed by atoms with Gasteiger partial charge in [0.25, 0.3) is 5.56 Å². The maximum atomic E-state index is 13.7. The number of nitrogens with one attached hydrogen (secondary N) is 1. The highest BCUT2D eigenvalue weighted by Gasteiger charge is 2.26. The van der Waals surface area contributed by atoms with Gasteiger partial charge in [-0.25, -0.2) is 9.07 Å². The van der Waals surface area contributed by atoms with E-state index < -0.39 is 0 Å². The summed E-state index contributed by atoms with van der Waals surface area (Å²) in [5.74, 6) is 0.470. The minimum absolute atomic E-state index is 0.112. The van der Waals surface area contributed by atoms with Crippen LogP contribution < -0.4 is 5.56 Å². The Bertz CT molecular complexity index is 1610. The third-order valence-corrected chi connectivity index (χ3v) is 7.44. The van der Waals surface area contributed by atoms with E-state index in [2.05, 4.69) is 50.5 Å². The zero-order valence-corrected chi connectivity index (χ0v) is 22.6. The summed E-state index contributed by atoms with van der Waals surface area (Å²) < 4.78 is 15.5. The van der Waals surface area contributed by atoms with Crippen molar-refractivity contribution < 1.29 is 4.39 Å². The summed E-state index contributed by atoms with van der Waals surface area (Å²) in [4.78, 5) is 18.6. The van der Waals surface area contributed by atoms with Crippen molar-refractivity contribution in [3.63, 3.8) is 0 Å². The first-order chi connectivity index (χ1) is 18.9. The second-order valence-electron chi connectivity index (χ2n) is 10.0. The Labute approximate surface area is 227 Å². The number of benzene rings is 3. The lowest BCUT2D eigenvalue weighted by Crippen LogP contribution is -2.32. The van der Waals surface area contributed by atoms with Crippen LogP contribution in [0.2, 0.25) is 0 Å². The van der Waals surface area contributed by atoms with Gasteiger partial charge in [-0.2, -0.15) is 0 Å². The third-order valence-electron chi connectivity index (χ3n) is 7.44. The molecule has 3 aromatic carbocycles. The summed E-state index contributed by atoms with van der Waals surface area (Å²) in [5.41, 5.74) is 5.78. The zero-order chi connectivity index (χ0) is 27.4. The van der Waals surface area contributed by atoms with Crippen LogP contribution in [-0.4, -0.2) is 30.1 Å². The van der Waals surface area contributed by atoms with Crippen LogP contribution in [0.25, 0.3) is 10.9 Å². The number of H-pyrrole nitrogens is 1. The maximum absolute atomic E-state index is 13.7. The van der Waals surface area contributed by atoms with E-state index in [9.17, 15) is 9.18 Å². The van der Waals surface area contributed by atoms with E-state index in [0.29, 0.717) is 25.2 Å². The highest BCUT2D eigenvalue weighted by atomic mass is 19.1. The molecule has 7 nitrogen and oxygen atoms in total. The van der Waals surface area contributed by atoms with Gasteiger partial charge in [-0.05, 0) is 83.0 Å². The molecule has 0 aliphatic rings. The first kappa shape index (κ1) is 26.4. The van der Waals surface area contributed by atoms with E-state index >= 15 is 0 Å². The minimum Gasteiger partial charge on any atom is -0.321 e. The first-order valence-corrected chi connectivity index (χ1v) is 13.3. The van der Waals surface area contributed by atoms with Crippen LogP contribution in [0, 0.1) is 19.7 Å². The molecule has 0 radical (unpaired) electrons. The molecule has 1 atom stereocenters. The Hall–Kier alpha value is -4.17. The Kier molecular flexibility index (Phi) is 7.93. The molecule has 39 heavy (non-hydrogen) atoms. The number of pyridine rings is 1. The maximum Gasteiger partial charge on any atom is 0.252 e. The van der Waals surface area contributed by atoms with Crippen LogP contribution in [0.15, 0.2) is 77.6 Å². The van der Waals surface area contributed by atoms with E-state index in [1.165, 1.54) is 17.7 Å². The van der Waals surface area contributed by atoms with Crippen molar-refractivity contribution in [1.29, 1.82) is 0 Å². The van der Waals surface area contributed by atoms with Crippen molar-refractivity contribution in [1.82, 2.24) is 30.1 Å². The van der Waals surface area contributed by atoms with E-state index in [0.717, 1.165) is 46.3 Å². The number of tetrazole rings is 1. The van der Waals surface area contributed by atoms with Crippen molar-refractivity contribution in [2.24, 2.45) is 0 Å². The molecule has 0 aliphatic carbocycles. The number of rotatable bonds is 10. The summed E-state index contributed by atoms with van der Waals surface area (Å²) in [5, 5.41) is 13.7. The molecule has 5 aromatic rings. The number of aromatic amines is 1. The molecule has 200 valence electrons. The van der Waals surface area contributed by atoms with Crippen molar-refractivity contribution in [2.75, 3.05) is 0 Å². The lowest BCUT2D eigenvalue weighted by Gasteiger charge is -2.30. The molecule has 2 heterocycles.